The number of fused-ring (bicyclic) bond motifs is 1. The van der Waals surface area contributed by atoms with Crippen LogP contribution in [-0.2, 0) is 0 Å². The van der Waals surface area contributed by atoms with Crippen LogP contribution in [0.3, 0.4) is 0 Å². The molecule has 1 heterocycles. The van der Waals surface area contributed by atoms with Gasteiger partial charge in [0.15, 0.2) is 0 Å². The van der Waals surface area contributed by atoms with Gasteiger partial charge in [-0.2, -0.15) is 0 Å². The Balaban J connectivity index is 2.22. The van der Waals surface area contributed by atoms with E-state index in [1.165, 1.54) is 77.3 Å². The Morgan fingerprint density at radius 1 is 1.00 bits per heavy atom. The zero-order chi connectivity index (χ0) is 19.4. The molecule has 0 radical (unpaired) electrons. The van der Waals surface area contributed by atoms with E-state index in [4.69, 9.17) is 0 Å². The summed E-state index contributed by atoms with van der Waals surface area (Å²) in [4.78, 5) is 2.94. The highest BCUT2D eigenvalue weighted by molar-refractivity contribution is 5.01. The first-order valence-corrected chi connectivity index (χ1v) is 12.0. The second-order valence-corrected chi connectivity index (χ2v) is 11.0. The van der Waals surface area contributed by atoms with Gasteiger partial charge in [-0.15, -0.1) is 0 Å². The third-order valence-corrected chi connectivity index (χ3v) is 8.35. The largest absolute Gasteiger partial charge is 0.300 e. The SMILES string of the molecule is CCCCCCN1CCC(C)C2CC(C)(C(C)C)CC(C)(CCC)CC21. The zero-order valence-electron chi connectivity index (χ0n) is 19.2. The van der Waals surface area contributed by atoms with E-state index in [0.29, 0.717) is 10.8 Å². The molecule has 5 unspecified atom stereocenters. The van der Waals surface area contributed by atoms with Gasteiger partial charge in [0, 0.05) is 6.04 Å². The minimum atomic E-state index is 0.517. The molecule has 2 fully saturated rings. The average Bonchev–Trinajstić information content (AvgIpc) is 2.68. The van der Waals surface area contributed by atoms with Gasteiger partial charge in [-0.3, -0.25) is 0 Å². The van der Waals surface area contributed by atoms with Crippen LogP contribution in [0.25, 0.3) is 0 Å². The summed E-state index contributed by atoms with van der Waals surface area (Å²) in [5.74, 6) is 2.62. The molecule has 0 aromatic heterocycles. The lowest BCUT2D eigenvalue weighted by atomic mass is 9.64. The second-order valence-electron chi connectivity index (χ2n) is 11.0. The van der Waals surface area contributed by atoms with Gasteiger partial charge in [-0.1, -0.05) is 74.1 Å². The second kappa shape index (κ2) is 9.44. The van der Waals surface area contributed by atoms with E-state index in [1.807, 2.05) is 0 Å². The quantitative estimate of drug-likeness (QED) is 0.402. The van der Waals surface area contributed by atoms with Crippen molar-refractivity contribution >= 4 is 0 Å². The number of nitrogens with zero attached hydrogens (tertiary/aromatic N) is 1. The smallest absolute Gasteiger partial charge is 0.0131 e. The van der Waals surface area contributed by atoms with Crippen LogP contribution in [0.15, 0.2) is 0 Å². The summed E-state index contributed by atoms with van der Waals surface area (Å²) in [7, 11) is 0. The molecule has 154 valence electrons. The van der Waals surface area contributed by atoms with E-state index in [-0.39, 0.29) is 0 Å². The van der Waals surface area contributed by atoms with Gasteiger partial charge in [0.25, 0.3) is 0 Å². The summed E-state index contributed by atoms with van der Waals surface area (Å²) in [5, 5.41) is 0. The van der Waals surface area contributed by atoms with Gasteiger partial charge in [-0.05, 0) is 80.2 Å². The third-order valence-electron chi connectivity index (χ3n) is 8.35. The molecule has 1 nitrogen and oxygen atoms in total. The monoisotopic (exact) mass is 363 g/mol. The standard InChI is InChI=1S/C25H49N/c1-8-10-11-12-15-26-16-13-21(5)22-17-25(7,20(3)4)19-24(6,14-9-2)18-23(22)26/h20-23H,8-19H2,1-7H3. The van der Waals surface area contributed by atoms with Crippen molar-refractivity contribution in [2.45, 2.75) is 119 Å². The highest BCUT2D eigenvalue weighted by Gasteiger charge is 2.49. The molecular formula is C25H49N. The maximum absolute atomic E-state index is 2.94. The predicted molar refractivity (Wildman–Crippen MR) is 117 cm³/mol. The molecule has 0 spiro atoms. The molecule has 1 aliphatic carbocycles. The van der Waals surface area contributed by atoms with Crippen LogP contribution in [-0.4, -0.2) is 24.0 Å². The Labute approximate surface area is 165 Å². The Bertz CT molecular complexity index is 416. The number of hydrogen-bond acceptors (Lipinski definition) is 1. The van der Waals surface area contributed by atoms with E-state index in [1.54, 1.807) is 0 Å². The molecule has 1 saturated carbocycles. The van der Waals surface area contributed by atoms with Gasteiger partial charge in [0.2, 0.25) is 0 Å². The van der Waals surface area contributed by atoms with Gasteiger partial charge in [-0.25, -0.2) is 0 Å². The molecule has 1 aliphatic heterocycles. The molecule has 1 saturated heterocycles. The summed E-state index contributed by atoms with van der Waals surface area (Å²) in [5.41, 5.74) is 1.05. The lowest BCUT2D eigenvalue weighted by Gasteiger charge is -2.47. The van der Waals surface area contributed by atoms with E-state index >= 15 is 0 Å². The topological polar surface area (TPSA) is 3.24 Å². The molecule has 0 amide bonds. The average molecular weight is 364 g/mol. The summed E-state index contributed by atoms with van der Waals surface area (Å²) < 4.78 is 0. The number of hydrogen-bond donors (Lipinski definition) is 0. The highest BCUT2D eigenvalue weighted by Crippen LogP contribution is 2.55. The highest BCUT2D eigenvalue weighted by atomic mass is 15.2. The number of piperidine rings is 1. The first-order chi connectivity index (χ1) is 12.2. The molecule has 0 aromatic rings. The van der Waals surface area contributed by atoms with E-state index in [2.05, 4.69) is 53.4 Å². The van der Waals surface area contributed by atoms with Crippen molar-refractivity contribution in [1.29, 1.82) is 0 Å². The molecular weight excluding hydrogens is 314 g/mol. The molecule has 2 aliphatic rings. The van der Waals surface area contributed by atoms with Crippen LogP contribution in [0.1, 0.15) is 113 Å². The van der Waals surface area contributed by atoms with E-state index in [9.17, 15) is 0 Å². The van der Waals surface area contributed by atoms with Gasteiger partial charge >= 0.3 is 0 Å². The van der Waals surface area contributed by atoms with Crippen molar-refractivity contribution in [3.63, 3.8) is 0 Å². The third kappa shape index (κ3) is 5.27. The molecule has 26 heavy (non-hydrogen) atoms. The lowest BCUT2D eigenvalue weighted by Crippen LogP contribution is -2.50. The van der Waals surface area contributed by atoms with E-state index < -0.39 is 0 Å². The fourth-order valence-corrected chi connectivity index (χ4v) is 6.43. The zero-order valence-corrected chi connectivity index (χ0v) is 19.2. The Morgan fingerprint density at radius 2 is 1.73 bits per heavy atom. The Morgan fingerprint density at radius 3 is 2.35 bits per heavy atom. The molecule has 1 heteroatoms. The Kier molecular flexibility index (Phi) is 8.08. The summed E-state index contributed by atoms with van der Waals surface area (Å²) in [6, 6.07) is 0.845. The van der Waals surface area contributed by atoms with Crippen molar-refractivity contribution in [2.24, 2.45) is 28.6 Å². The molecule has 5 atom stereocenters. The molecule has 0 aromatic carbocycles. The van der Waals surface area contributed by atoms with Crippen molar-refractivity contribution in [3.8, 4) is 0 Å². The minimum absolute atomic E-state index is 0.517. The van der Waals surface area contributed by atoms with Gasteiger partial charge < -0.3 is 4.90 Å². The fourth-order valence-electron chi connectivity index (χ4n) is 6.43. The van der Waals surface area contributed by atoms with Crippen molar-refractivity contribution in [1.82, 2.24) is 4.90 Å². The summed E-state index contributed by atoms with van der Waals surface area (Å²) in [6.07, 6.45) is 14.1. The normalized spacial score (nSPS) is 39.0. The van der Waals surface area contributed by atoms with Crippen LogP contribution in [0.2, 0.25) is 0 Å². The van der Waals surface area contributed by atoms with Crippen LogP contribution >= 0.6 is 0 Å². The van der Waals surface area contributed by atoms with Crippen molar-refractivity contribution in [2.75, 3.05) is 13.1 Å². The maximum atomic E-state index is 2.94. The molecule has 0 bridgehead atoms. The van der Waals surface area contributed by atoms with Crippen molar-refractivity contribution in [3.05, 3.63) is 0 Å². The molecule has 2 rings (SSSR count). The van der Waals surface area contributed by atoms with Gasteiger partial charge in [0.05, 0.1) is 0 Å². The first-order valence-electron chi connectivity index (χ1n) is 12.0. The minimum Gasteiger partial charge on any atom is -0.300 e. The summed E-state index contributed by atoms with van der Waals surface area (Å²) >= 11 is 0. The molecule has 0 N–H and O–H groups in total. The number of unbranched alkanes of at least 4 members (excludes halogenated alkanes) is 3. The van der Waals surface area contributed by atoms with Crippen LogP contribution in [0.5, 0.6) is 0 Å². The number of rotatable bonds is 8. The first kappa shape index (κ1) is 22.3. The van der Waals surface area contributed by atoms with Crippen LogP contribution in [0.4, 0.5) is 0 Å². The lowest BCUT2D eigenvalue weighted by molar-refractivity contribution is 0.0230. The van der Waals surface area contributed by atoms with Gasteiger partial charge in [0.1, 0.15) is 0 Å². The Hall–Kier alpha value is -0.0400. The fraction of sp³-hybridized carbons (Fsp3) is 1.00. The summed E-state index contributed by atoms with van der Waals surface area (Å²) in [6.45, 7) is 20.2. The number of likely N-dealkylation sites (tertiary alicyclic amines) is 1. The van der Waals surface area contributed by atoms with E-state index in [0.717, 1.165) is 23.8 Å². The van der Waals surface area contributed by atoms with Crippen LogP contribution < -0.4 is 0 Å². The predicted octanol–water partition coefficient (Wildman–Crippen LogP) is 7.55. The maximum Gasteiger partial charge on any atom is 0.0131 e. The van der Waals surface area contributed by atoms with Crippen LogP contribution in [0, 0.1) is 28.6 Å². The van der Waals surface area contributed by atoms with Crippen molar-refractivity contribution < 1.29 is 0 Å².